The van der Waals surface area contributed by atoms with Gasteiger partial charge in [-0.2, -0.15) is 0 Å². The number of allylic oxidation sites excluding steroid dienone is 9. The summed E-state index contributed by atoms with van der Waals surface area (Å²) in [5.41, 5.74) is 9.24. The molecule has 0 radical (unpaired) electrons. The van der Waals surface area contributed by atoms with Gasteiger partial charge >= 0.3 is 77.8 Å². The number of nitrogens with zero attached hydrogens (tertiary/aromatic N) is 4. The number of ketones is 1. The van der Waals surface area contributed by atoms with E-state index in [0.29, 0.717) is 90.3 Å². The Labute approximate surface area is 376 Å². The molecule has 1 atom stereocenters. The van der Waals surface area contributed by atoms with E-state index in [9.17, 15) is 32.5 Å². The maximum Gasteiger partial charge on any atom is 2.00 e. The number of rotatable bonds is 11. The van der Waals surface area contributed by atoms with Crippen molar-refractivity contribution < 1.29 is 109 Å². The smallest absolute Gasteiger partial charge is 0.875 e. The molecule has 5 heterocycles. The minimum atomic E-state index is -4.41. The topological polar surface area (TPSA) is 204 Å². The number of Topliss-reactive ketones (excluding diaryl/α,β-unsaturated/α-hetero) is 1. The van der Waals surface area contributed by atoms with Crippen molar-refractivity contribution in [3.63, 3.8) is 0 Å². The average molecular weight is 884 g/mol. The van der Waals surface area contributed by atoms with Gasteiger partial charge in [0.2, 0.25) is 5.91 Å². The van der Waals surface area contributed by atoms with Crippen LogP contribution in [0.15, 0.2) is 83.4 Å². The zero-order valence-corrected chi connectivity index (χ0v) is 37.5. The first kappa shape index (κ1) is 44.8. The van der Waals surface area contributed by atoms with Gasteiger partial charge < -0.3 is 24.7 Å². The summed E-state index contributed by atoms with van der Waals surface area (Å²) in [7, 11) is -3.15. The van der Waals surface area contributed by atoms with Gasteiger partial charge in [0.25, 0.3) is 0 Å². The van der Waals surface area contributed by atoms with Crippen LogP contribution < -0.4 is 77.5 Å². The maximum absolute atomic E-state index is 14.3. The minimum absolute atomic E-state index is 0. The SMILES string of the molecule is CCC1=C(C)C2=NC1=CC1=C(C)C3=C([O-])[C@H](CC(=O)OC)C(=c4[n-]c(c(C)c4CCC(=O)NCCCS(=O)(=O)[O-])=CC4=NC(=C2)C(C(C)=O)=C4C)C3=N1.[K+].[Pd+2]. The van der Waals surface area contributed by atoms with E-state index < -0.39 is 27.8 Å². The Hall–Kier alpha value is -2.91. The summed E-state index contributed by atoms with van der Waals surface area (Å²) in [5.74, 6) is -2.92. The molecule has 55 heavy (non-hydrogen) atoms. The van der Waals surface area contributed by atoms with Crippen LogP contribution in [0.1, 0.15) is 71.4 Å². The van der Waals surface area contributed by atoms with Crippen molar-refractivity contribution in [2.75, 3.05) is 19.4 Å². The molecule has 0 fully saturated rings. The molecular formula is C39H40KN5O8PdS. The van der Waals surface area contributed by atoms with Crippen molar-refractivity contribution in [3.8, 4) is 0 Å². The van der Waals surface area contributed by atoms with Gasteiger partial charge in [-0.05, 0) is 99.5 Å². The van der Waals surface area contributed by atoms with Crippen LogP contribution in [-0.4, -0.2) is 67.2 Å². The number of carbonyl (C=O) groups is 3. The monoisotopic (exact) mass is 883 g/mol. The van der Waals surface area contributed by atoms with E-state index in [1.165, 1.54) is 14.0 Å². The number of amides is 1. The van der Waals surface area contributed by atoms with E-state index in [2.05, 4.69) is 5.32 Å². The Morgan fingerprint density at radius 3 is 2.29 bits per heavy atom. The fourth-order valence-corrected chi connectivity index (χ4v) is 7.97. The number of ether oxygens (including phenoxy) is 1. The maximum atomic E-state index is 14.3. The summed E-state index contributed by atoms with van der Waals surface area (Å²) in [5, 5.41) is 17.9. The van der Waals surface area contributed by atoms with Crippen molar-refractivity contribution in [2.45, 2.75) is 73.6 Å². The van der Waals surface area contributed by atoms with Gasteiger partial charge in [0.05, 0.1) is 57.9 Å². The first-order valence-corrected chi connectivity index (χ1v) is 19.0. The first-order valence-electron chi connectivity index (χ1n) is 17.4. The third kappa shape index (κ3) is 8.83. The number of fused-ring (bicyclic) bond motifs is 5. The molecule has 1 N–H and O–H groups in total. The third-order valence-electron chi connectivity index (χ3n) is 10.3. The van der Waals surface area contributed by atoms with Crippen LogP contribution in [0.2, 0.25) is 0 Å². The first-order chi connectivity index (χ1) is 25.0. The van der Waals surface area contributed by atoms with E-state index in [4.69, 9.17) is 24.7 Å². The normalized spacial score (nSPS) is 18.7. The van der Waals surface area contributed by atoms with Crippen LogP contribution in [0.4, 0.5) is 0 Å². The number of hydrogen-bond acceptors (Lipinski definition) is 11. The summed E-state index contributed by atoms with van der Waals surface area (Å²) in [4.78, 5) is 58.7. The van der Waals surface area contributed by atoms with Crippen LogP contribution in [0, 0.1) is 12.8 Å². The fourth-order valence-electron chi connectivity index (χ4n) is 7.47. The zero-order valence-electron chi connectivity index (χ0n) is 32.0. The molecular weight excluding hydrogens is 844 g/mol. The van der Waals surface area contributed by atoms with Gasteiger partial charge in [-0.3, -0.25) is 14.4 Å². The second kappa shape index (κ2) is 17.7. The largest absolute Gasteiger partial charge is 2.00 e. The minimum Gasteiger partial charge on any atom is -0.875 e. The van der Waals surface area contributed by atoms with Gasteiger partial charge in [0, 0.05) is 30.2 Å². The number of hydrogen-bond donors (Lipinski definition) is 1. The van der Waals surface area contributed by atoms with Crippen molar-refractivity contribution in [1.29, 1.82) is 0 Å². The van der Waals surface area contributed by atoms with Gasteiger partial charge in [-0.15, -0.1) is 16.5 Å². The van der Waals surface area contributed by atoms with Crippen molar-refractivity contribution in [1.82, 2.24) is 10.3 Å². The molecule has 0 unspecified atom stereocenters. The molecule has 6 rings (SSSR count). The molecule has 1 aliphatic carbocycles. The van der Waals surface area contributed by atoms with Gasteiger partial charge in [-0.1, -0.05) is 24.1 Å². The molecule has 0 saturated heterocycles. The molecule has 16 heteroatoms. The van der Waals surface area contributed by atoms with Gasteiger partial charge in [0.1, 0.15) is 0 Å². The molecule has 0 aromatic carbocycles. The van der Waals surface area contributed by atoms with Crippen molar-refractivity contribution in [3.05, 3.63) is 90.3 Å². The summed E-state index contributed by atoms with van der Waals surface area (Å²) in [6, 6.07) is 0. The zero-order chi connectivity index (χ0) is 38.5. The molecule has 5 aliphatic rings. The average Bonchev–Trinajstić information content (AvgIpc) is 3.83. The number of aliphatic imine (C=N–C) groups is 3. The Balaban J connectivity index is 0.00000336. The third-order valence-corrected chi connectivity index (χ3v) is 11.1. The summed E-state index contributed by atoms with van der Waals surface area (Å²) in [6.07, 6.45) is 6.03. The number of carbonyl (C=O) groups excluding carboxylic acids is 3. The van der Waals surface area contributed by atoms with Crippen molar-refractivity contribution in [2.24, 2.45) is 20.9 Å². The molecule has 8 bridgehead atoms. The number of methoxy groups -OCH3 is 1. The Bertz CT molecular complexity index is 2440. The Morgan fingerprint density at radius 1 is 0.982 bits per heavy atom. The van der Waals surface area contributed by atoms with E-state index in [1.807, 2.05) is 46.8 Å². The second-order valence-electron chi connectivity index (χ2n) is 13.6. The molecule has 0 saturated carbocycles. The molecule has 0 spiro atoms. The molecule has 13 nitrogen and oxygen atoms in total. The van der Waals surface area contributed by atoms with Crippen LogP contribution in [0.25, 0.3) is 11.6 Å². The molecule has 1 amide bonds. The van der Waals surface area contributed by atoms with Crippen LogP contribution in [0.3, 0.4) is 0 Å². The van der Waals surface area contributed by atoms with E-state index in [1.54, 1.807) is 6.08 Å². The number of aromatic nitrogens is 1. The van der Waals surface area contributed by atoms with E-state index >= 15 is 0 Å². The predicted octanol–water partition coefficient (Wildman–Crippen LogP) is -1.27. The van der Waals surface area contributed by atoms with Crippen LogP contribution in [0.5, 0.6) is 0 Å². The molecule has 4 aliphatic heterocycles. The van der Waals surface area contributed by atoms with Crippen LogP contribution >= 0.6 is 0 Å². The van der Waals surface area contributed by atoms with Gasteiger partial charge in [0.15, 0.2) is 5.78 Å². The molecule has 1 aromatic heterocycles. The number of nitrogens with one attached hydrogen (secondary N) is 1. The van der Waals surface area contributed by atoms with Crippen LogP contribution in [-0.2, 0) is 56.1 Å². The summed E-state index contributed by atoms with van der Waals surface area (Å²) in [6.45, 7) is 11.0. The van der Waals surface area contributed by atoms with Gasteiger partial charge in [-0.25, -0.2) is 23.4 Å². The molecule has 1 aromatic rings. The fraction of sp³-hybridized carbons (Fsp3) is 0.385. The Morgan fingerprint density at radius 2 is 1.65 bits per heavy atom. The quantitative estimate of drug-likeness (QED) is 0.122. The van der Waals surface area contributed by atoms with E-state index in [0.717, 1.165) is 11.1 Å². The Kier molecular flexibility index (Phi) is 14.4. The number of esters is 1. The predicted molar refractivity (Wildman–Crippen MR) is 197 cm³/mol. The molecule has 286 valence electrons. The van der Waals surface area contributed by atoms with Crippen molar-refractivity contribution >= 4 is 56.6 Å². The summed E-state index contributed by atoms with van der Waals surface area (Å²) < 4.78 is 38.0. The standard InChI is InChI=1S/C39H43N5O8S.K.Pd/c1-8-23-18(2)26-17-31-34(22(6)45)20(4)28(42-31)15-27-19(3)24(10-11-32(46)40-12-9-13-53(49,50)51)37(43-27)36-25(14-33(47)52-7)39(48)35-21(5)29(44-38(35)36)16-30(23)41-26;;/h15-17,25H,8-14H2,1-7H3,(H4,40,41,42,43,44,45,46,48,49,50,51);;/q;+1;+2/p-3/t25-;;/m1../s1. The van der Waals surface area contributed by atoms with E-state index in [-0.39, 0.29) is 121 Å². The second-order valence-corrected chi connectivity index (χ2v) is 15.1. The summed E-state index contributed by atoms with van der Waals surface area (Å²) >= 11 is 0.